The van der Waals surface area contributed by atoms with E-state index in [4.69, 9.17) is 0 Å². The highest BCUT2D eigenvalue weighted by molar-refractivity contribution is 5.85. The van der Waals surface area contributed by atoms with Gasteiger partial charge in [0.1, 0.15) is 0 Å². The van der Waals surface area contributed by atoms with E-state index in [1.807, 2.05) is 30.1 Å². The van der Waals surface area contributed by atoms with Gasteiger partial charge in [-0.1, -0.05) is 30.3 Å². The van der Waals surface area contributed by atoms with Crippen molar-refractivity contribution in [3.63, 3.8) is 0 Å². The van der Waals surface area contributed by atoms with Crippen LogP contribution in [-0.4, -0.2) is 30.9 Å². The highest BCUT2D eigenvalue weighted by atomic mass is 35.5. The number of hydrogen-bond donors (Lipinski definition) is 1. The molecule has 0 radical (unpaired) electrons. The summed E-state index contributed by atoms with van der Waals surface area (Å²) < 4.78 is 0. The van der Waals surface area contributed by atoms with Crippen molar-refractivity contribution in [1.82, 2.24) is 10.2 Å². The van der Waals surface area contributed by atoms with E-state index in [1.165, 1.54) is 5.56 Å². The first-order valence-corrected chi connectivity index (χ1v) is 6.32. The predicted molar refractivity (Wildman–Crippen MR) is 75.9 cm³/mol. The van der Waals surface area contributed by atoms with Crippen LogP contribution in [0.4, 0.5) is 0 Å². The summed E-state index contributed by atoms with van der Waals surface area (Å²) >= 11 is 0. The molecular weight excluding hydrogens is 248 g/mol. The van der Waals surface area contributed by atoms with E-state index in [0.717, 1.165) is 25.9 Å². The van der Waals surface area contributed by atoms with Crippen molar-refractivity contribution in [2.24, 2.45) is 0 Å². The van der Waals surface area contributed by atoms with E-state index in [2.05, 4.69) is 17.4 Å². The molecule has 1 N–H and O–H groups in total. The summed E-state index contributed by atoms with van der Waals surface area (Å²) in [6, 6.07) is 10.6. The minimum atomic E-state index is 0. The van der Waals surface area contributed by atoms with Crippen molar-refractivity contribution < 1.29 is 4.79 Å². The van der Waals surface area contributed by atoms with E-state index < -0.39 is 0 Å². The van der Waals surface area contributed by atoms with Crippen molar-refractivity contribution in [3.8, 4) is 0 Å². The van der Waals surface area contributed by atoms with Crippen LogP contribution in [0, 0.1) is 0 Å². The van der Waals surface area contributed by atoms with Gasteiger partial charge in [-0.05, 0) is 25.5 Å². The first-order chi connectivity index (χ1) is 8.33. The Morgan fingerprint density at radius 3 is 2.78 bits per heavy atom. The third-order valence-electron chi connectivity index (χ3n) is 3.35. The van der Waals surface area contributed by atoms with Crippen LogP contribution in [0.2, 0.25) is 0 Å². The molecule has 1 aliphatic heterocycles. The van der Waals surface area contributed by atoms with E-state index in [-0.39, 0.29) is 18.3 Å². The molecule has 1 atom stereocenters. The summed E-state index contributed by atoms with van der Waals surface area (Å²) in [6.07, 6.45) is 2.81. The SMILES string of the molecule is CNCCC(=O)N1CCCC1c1ccccc1.Cl. The lowest BCUT2D eigenvalue weighted by Gasteiger charge is -2.25. The Bertz CT molecular complexity index is 369. The summed E-state index contributed by atoms with van der Waals surface area (Å²) in [5.74, 6) is 0.269. The van der Waals surface area contributed by atoms with Crippen molar-refractivity contribution in [2.45, 2.75) is 25.3 Å². The summed E-state index contributed by atoms with van der Waals surface area (Å²) in [4.78, 5) is 14.1. The molecule has 1 fully saturated rings. The fraction of sp³-hybridized carbons (Fsp3) is 0.500. The van der Waals surface area contributed by atoms with E-state index >= 15 is 0 Å². The van der Waals surface area contributed by atoms with Gasteiger partial charge in [0.2, 0.25) is 5.91 Å². The number of halogens is 1. The second-order valence-corrected chi connectivity index (χ2v) is 4.51. The van der Waals surface area contributed by atoms with Gasteiger partial charge in [-0.2, -0.15) is 0 Å². The zero-order valence-electron chi connectivity index (χ0n) is 10.8. The molecule has 2 rings (SSSR count). The molecule has 1 unspecified atom stereocenters. The van der Waals surface area contributed by atoms with Crippen LogP contribution in [-0.2, 0) is 4.79 Å². The van der Waals surface area contributed by atoms with Gasteiger partial charge in [-0.25, -0.2) is 0 Å². The fourth-order valence-corrected chi connectivity index (χ4v) is 2.46. The number of nitrogens with zero attached hydrogens (tertiary/aromatic N) is 1. The monoisotopic (exact) mass is 268 g/mol. The van der Waals surface area contributed by atoms with Gasteiger partial charge in [0.25, 0.3) is 0 Å². The number of amides is 1. The summed E-state index contributed by atoms with van der Waals surface area (Å²) in [6.45, 7) is 1.67. The van der Waals surface area contributed by atoms with Gasteiger partial charge in [-0.3, -0.25) is 4.79 Å². The van der Waals surface area contributed by atoms with E-state index in [9.17, 15) is 4.79 Å². The highest BCUT2D eigenvalue weighted by Crippen LogP contribution is 2.31. The first kappa shape index (κ1) is 15.0. The van der Waals surface area contributed by atoms with Gasteiger partial charge in [0.15, 0.2) is 0 Å². The Balaban J connectivity index is 0.00000162. The molecule has 0 bridgehead atoms. The molecule has 1 heterocycles. The van der Waals surface area contributed by atoms with Gasteiger partial charge >= 0.3 is 0 Å². The van der Waals surface area contributed by atoms with Gasteiger partial charge in [-0.15, -0.1) is 12.4 Å². The molecule has 3 nitrogen and oxygen atoms in total. The number of carbonyl (C=O) groups is 1. The third-order valence-corrected chi connectivity index (χ3v) is 3.35. The van der Waals surface area contributed by atoms with Crippen molar-refractivity contribution in [2.75, 3.05) is 20.1 Å². The van der Waals surface area contributed by atoms with Gasteiger partial charge in [0, 0.05) is 19.5 Å². The maximum absolute atomic E-state index is 12.1. The molecule has 18 heavy (non-hydrogen) atoms. The molecule has 1 aromatic carbocycles. The number of hydrogen-bond acceptors (Lipinski definition) is 2. The van der Waals surface area contributed by atoms with Crippen LogP contribution in [0.1, 0.15) is 30.9 Å². The standard InChI is InChI=1S/C14H20N2O.ClH/c1-15-10-9-14(17)16-11-5-8-13(16)12-6-3-2-4-7-12;/h2-4,6-7,13,15H,5,8-11H2,1H3;1H. The van der Waals surface area contributed by atoms with Crippen LogP contribution in [0.5, 0.6) is 0 Å². The average Bonchev–Trinajstić information content (AvgIpc) is 2.86. The molecule has 1 aliphatic rings. The van der Waals surface area contributed by atoms with Crippen LogP contribution < -0.4 is 5.32 Å². The van der Waals surface area contributed by atoms with Crippen molar-refractivity contribution >= 4 is 18.3 Å². The quantitative estimate of drug-likeness (QED) is 0.909. The Hall–Kier alpha value is -1.06. The second-order valence-electron chi connectivity index (χ2n) is 4.51. The Morgan fingerprint density at radius 1 is 1.39 bits per heavy atom. The van der Waals surface area contributed by atoms with Gasteiger partial charge in [0.05, 0.1) is 6.04 Å². The largest absolute Gasteiger partial charge is 0.336 e. The lowest BCUT2D eigenvalue weighted by atomic mass is 10.0. The number of nitrogens with one attached hydrogen (secondary N) is 1. The minimum Gasteiger partial charge on any atom is -0.336 e. The maximum atomic E-state index is 12.1. The maximum Gasteiger partial charge on any atom is 0.224 e. The Kier molecular flexibility index (Phi) is 6.16. The third kappa shape index (κ3) is 3.47. The predicted octanol–water partition coefficient (Wildman–Crippen LogP) is 2.38. The molecule has 0 spiro atoms. The minimum absolute atomic E-state index is 0. The van der Waals surface area contributed by atoms with Crippen LogP contribution in [0.15, 0.2) is 30.3 Å². The van der Waals surface area contributed by atoms with E-state index in [0.29, 0.717) is 12.5 Å². The molecule has 0 aromatic heterocycles. The van der Waals surface area contributed by atoms with Crippen LogP contribution in [0.25, 0.3) is 0 Å². The highest BCUT2D eigenvalue weighted by Gasteiger charge is 2.28. The molecule has 1 amide bonds. The van der Waals surface area contributed by atoms with Crippen LogP contribution >= 0.6 is 12.4 Å². The summed E-state index contributed by atoms with van der Waals surface area (Å²) in [5, 5.41) is 3.03. The Labute approximate surface area is 115 Å². The lowest BCUT2D eigenvalue weighted by molar-refractivity contribution is -0.132. The molecule has 1 saturated heterocycles. The number of rotatable bonds is 4. The Morgan fingerprint density at radius 2 is 2.11 bits per heavy atom. The van der Waals surface area contributed by atoms with E-state index in [1.54, 1.807) is 0 Å². The van der Waals surface area contributed by atoms with Crippen molar-refractivity contribution in [1.29, 1.82) is 0 Å². The molecule has 0 aliphatic carbocycles. The zero-order chi connectivity index (χ0) is 12.1. The smallest absolute Gasteiger partial charge is 0.224 e. The normalized spacial score (nSPS) is 18.5. The molecule has 1 aromatic rings. The number of carbonyl (C=O) groups excluding carboxylic acids is 1. The summed E-state index contributed by atoms with van der Waals surface area (Å²) in [7, 11) is 1.88. The average molecular weight is 269 g/mol. The summed E-state index contributed by atoms with van der Waals surface area (Å²) in [5.41, 5.74) is 1.27. The first-order valence-electron chi connectivity index (χ1n) is 6.32. The van der Waals surface area contributed by atoms with Crippen LogP contribution in [0.3, 0.4) is 0 Å². The second kappa shape index (κ2) is 7.39. The molecule has 100 valence electrons. The van der Waals surface area contributed by atoms with Gasteiger partial charge < -0.3 is 10.2 Å². The topological polar surface area (TPSA) is 32.3 Å². The molecule has 4 heteroatoms. The molecular formula is C14H21ClN2O. The van der Waals surface area contributed by atoms with Crippen molar-refractivity contribution in [3.05, 3.63) is 35.9 Å². The number of likely N-dealkylation sites (tertiary alicyclic amines) is 1. The fourth-order valence-electron chi connectivity index (χ4n) is 2.46. The number of benzene rings is 1. The lowest BCUT2D eigenvalue weighted by Crippen LogP contribution is -2.32. The zero-order valence-corrected chi connectivity index (χ0v) is 11.6. The molecule has 0 saturated carbocycles.